The van der Waals surface area contributed by atoms with E-state index < -0.39 is 17.7 Å². The number of amides is 1. The van der Waals surface area contributed by atoms with E-state index in [0.717, 1.165) is 4.90 Å². The van der Waals surface area contributed by atoms with E-state index in [2.05, 4.69) is 0 Å². The zero-order valence-electron chi connectivity index (χ0n) is 11.2. The summed E-state index contributed by atoms with van der Waals surface area (Å²) in [4.78, 5) is 24.2. The van der Waals surface area contributed by atoms with Gasteiger partial charge in [0.2, 0.25) is 5.91 Å². The number of hydrogen-bond donors (Lipinski definition) is 2. The summed E-state index contributed by atoms with van der Waals surface area (Å²) < 4.78 is 14.0. The molecule has 0 spiro atoms. The molecule has 1 amide bonds. The minimum atomic E-state index is -1.25. The molecule has 21 heavy (non-hydrogen) atoms. The molecule has 2 aromatic carbocycles. The Kier molecular flexibility index (Phi) is 3.89. The number of benzene rings is 2. The van der Waals surface area contributed by atoms with Crippen LogP contribution in [0.25, 0.3) is 0 Å². The van der Waals surface area contributed by atoms with E-state index in [0.29, 0.717) is 0 Å². The van der Waals surface area contributed by atoms with Crippen LogP contribution in [-0.2, 0) is 4.79 Å². The predicted octanol–water partition coefficient (Wildman–Crippen LogP) is 2.79. The van der Waals surface area contributed by atoms with Crippen LogP contribution in [0, 0.1) is 5.82 Å². The molecule has 5 nitrogen and oxygen atoms in total. The van der Waals surface area contributed by atoms with Gasteiger partial charge in [-0.25, -0.2) is 9.18 Å². The third-order valence-electron chi connectivity index (χ3n) is 2.93. The van der Waals surface area contributed by atoms with Crippen molar-refractivity contribution in [1.29, 1.82) is 0 Å². The molecule has 2 aromatic rings. The van der Waals surface area contributed by atoms with Crippen molar-refractivity contribution in [1.82, 2.24) is 0 Å². The van der Waals surface area contributed by atoms with Crippen molar-refractivity contribution in [3.05, 3.63) is 53.8 Å². The van der Waals surface area contributed by atoms with Gasteiger partial charge >= 0.3 is 5.97 Å². The van der Waals surface area contributed by atoms with E-state index in [-0.39, 0.29) is 22.6 Å². The number of nitrogens with two attached hydrogens (primary N) is 1. The van der Waals surface area contributed by atoms with Crippen molar-refractivity contribution in [2.24, 2.45) is 0 Å². The van der Waals surface area contributed by atoms with Gasteiger partial charge in [-0.15, -0.1) is 0 Å². The lowest BCUT2D eigenvalue weighted by Gasteiger charge is -2.24. The van der Waals surface area contributed by atoms with E-state index in [9.17, 15) is 19.1 Å². The number of halogens is 1. The van der Waals surface area contributed by atoms with E-state index in [1.54, 1.807) is 6.07 Å². The Bertz CT molecular complexity index is 716. The summed E-state index contributed by atoms with van der Waals surface area (Å²) in [5.41, 5.74) is 5.62. The summed E-state index contributed by atoms with van der Waals surface area (Å²) in [6.07, 6.45) is 0. The molecule has 0 aliphatic carbocycles. The highest BCUT2D eigenvalue weighted by Crippen LogP contribution is 2.35. The van der Waals surface area contributed by atoms with Crippen LogP contribution in [0.3, 0.4) is 0 Å². The second-order valence-electron chi connectivity index (χ2n) is 4.35. The fraction of sp³-hybridized carbons (Fsp3) is 0.0667. The lowest BCUT2D eigenvalue weighted by Crippen LogP contribution is -2.26. The van der Waals surface area contributed by atoms with Crippen LogP contribution in [0.4, 0.5) is 21.5 Å². The SMILES string of the molecule is CC(=O)N(c1ccccc1F)c1c(N)cccc1C(=O)O. The highest BCUT2D eigenvalue weighted by atomic mass is 19.1. The fourth-order valence-electron chi connectivity index (χ4n) is 2.06. The zero-order chi connectivity index (χ0) is 15.6. The molecule has 0 bridgehead atoms. The summed E-state index contributed by atoms with van der Waals surface area (Å²) in [5, 5.41) is 9.25. The maximum atomic E-state index is 14.0. The summed E-state index contributed by atoms with van der Waals surface area (Å²) in [5.74, 6) is -2.44. The van der Waals surface area contributed by atoms with Crippen LogP contribution in [0.15, 0.2) is 42.5 Å². The van der Waals surface area contributed by atoms with Crippen LogP contribution < -0.4 is 10.6 Å². The first-order valence-electron chi connectivity index (χ1n) is 6.10. The second kappa shape index (κ2) is 5.62. The van der Waals surface area contributed by atoms with Gasteiger partial charge in [-0.3, -0.25) is 9.69 Å². The van der Waals surface area contributed by atoms with Crippen molar-refractivity contribution < 1.29 is 19.1 Å². The molecule has 0 unspecified atom stereocenters. The van der Waals surface area contributed by atoms with E-state index in [4.69, 9.17) is 5.73 Å². The number of para-hydroxylation sites is 2. The normalized spacial score (nSPS) is 10.2. The standard InChI is InChI=1S/C15H13FN2O3/c1-9(19)18(13-8-3-2-6-11(13)16)14-10(15(20)21)5-4-7-12(14)17/h2-8H,17H2,1H3,(H,20,21). The van der Waals surface area contributed by atoms with Crippen LogP contribution in [0.1, 0.15) is 17.3 Å². The first-order valence-corrected chi connectivity index (χ1v) is 6.10. The van der Waals surface area contributed by atoms with E-state index in [1.165, 1.54) is 43.3 Å². The lowest BCUT2D eigenvalue weighted by atomic mass is 10.1. The maximum Gasteiger partial charge on any atom is 0.337 e. The summed E-state index contributed by atoms with van der Waals surface area (Å²) in [6, 6.07) is 9.82. The molecular formula is C15H13FN2O3. The number of carbonyl (C=O) groups excluding carboxylic acids is 1. The molecule has 6 heteroatoms. The predicted molar refractivity (Wildman–Crippen MR) is 77.0 cm³/mol. The van der Waals surface area contributed by atoms with Gasteiger partial charge in [0, 0.05) is 6.92 Å². The molecule has 2 rings (SSSR count). The van der Waals surface area contributed by atoms with Gasteiger partial charge in [-0.1, -0.05) is 18.2 Å². The highest BCUT2D eigenvalue weighted by molar-refractivity contribution is 6.08. The fourth-order valence-corrected chi connectivity index (χ4v) is 2.06. The Morgan fingerprint density at radius 3 is 2.38 bits per heavy atom. The van der Waals surface area contributed by atoms with Gasteiger partial charge in [0.05, 0.1) is 22.6 Å². The number of hydrogen-bond acceptors (Lipinski definition) is 3. The van der Waals surface area contributed by atoms with Gasteiger partial charge < -0.3 is 10.8 Å². The Morgan fingerprint density at radius 1 is 1.14 bits per heavy atom. The van der Waals surface area contributed by atoms with Crippen molar-refractivity contribution in [3.63, 3.8) is 0 Å². The Hall–Kier alpha value is -2.89. The molecule has 0 aliphatic rings. The Balaban J connectivity index is 2.74. The molecule has 3 N–H and O–H groups in total. The highest BCUT2D eigenvalue weighted by Gasteiger charge is 2.25. The quantitative estimate of drug-likeness (QED) is 0.851. The van der Waals surface area contributed by atoms with Gasteiger partial charge in [-0.05, 0) is 24.3 Å². The Morgan fingerprint density at radius 2 is 1.81 bits per heavy atom. The largest absolute Gasteiger partial charge is 0.478 e. The average molecular weight is 288 g/mol. The molecule has 0 atom stereocenters. The van der Waals surface area contributed by atoms with Crippen molar-refractivity contribution in [2.75, 3.05) is 10.6 Å². The van der Waals surface area contributed by atoms with Gasteiger partial charge in [0.1, 0.15) is 5.82 Å². The van der Waals surface area contributed by atoms with Crippen LogP contribution in [0.5, 0.6) is 0 Å². The number of carbonyl (C=O) groups is 2. The Labute approximate surface area is 120 Å². The van der Waals surface area contributed by atoms with Gasteiger partial charge in [0.15, 0.2) is 0 Å². The van der Waals surface area contributed by atoms with E-state index >= 15 is 0 Å². The zero-order valence-corrected chi connectivity index (χ0v) is 11.2. The third-order valence-corrected chi connectivity index (χ3v) is 2.93. The van der Waals surface area contributed by atoms with Crippen LogP contribution in [0.2, 0.25) is 0 Å². The number of aromatic carboxylic acids is 1. The van der Waals surface area contributed by atoms with Crippen molar-refractivity contribution in [2.45, 2.75) is 6.92 Å². The molecular weight excluding hydrogens is 275 g/mol. The second-order valence-corrected chi connectivity index (χ2v) is 4.35. The summed E-state index contributed by atoms with van der Waals surface area (Å²) >= 11 is 0. The molecule has 0 radical (unpaired) electrons. The van der Waals surface area contributed by atoms with Gasteiger partial charge in [-0.2, -0.15) is 0 Å². The summed E-state index contributed by atoms with van der Waals surface area (Å²) in [7, 11) is 0. The number of rotatable bonds is 3. The van der Waals surface area contributed by atoms with Crippen LogP contribution >= 0.6 is 0 Å². The number of carboxylic acids is 1. The maximum absolute atomic E-state index is 14.0. The number of nitrogen functional groups attached to an aromatic ring is 1. The minimum Gasteiger partial charge on any atom is -0.478 e. The lowest BCUT2D eigenvalue weighted by molar-refractivity contribution is -0.115. The van der Waals surface area contributed by atoms with Crippen LogP contribution in [-0.4, -0.2) is 17.0 Å². The monoisotopic (exact) mass is 288 g/mol. The molecule has 0 saturated carbocycles. The number of carboxylic acid groups (broad SMARTS) is 1. The number of anilines is 3. The first-order chi connectivity index (χ1) is 9.93. The van der Waals surface area contributed by atoms with E-state index in [1.807, 2.05) is 0 Å². The first kappa shape index (κ1) is 14.5. The van der Waals surface area contributed by atoms with Crippen molar-refractivity contribution in [3.8, 4) is 0 Å². The molecule has 0 fully saturated rings. The van der Waals surface area contributed by atoms with Crippen molar-refractivity contribution >= 4 is 28.9 Å². The smallest absolute Gasteiger partial charge is 0.337 e. The molecule has 0 heterocycles. The summed E-state index contributed by atoms with van der Waals surface area (Å²) in [6.45, 7) is 1.21. The van der Waals surface area contributed by atoms with Gasteiger partial charge in [0.25, 0.3) is 0 Å². The number of nitrogens with zero attached hydrogens (tertiary/aromatic N) is 1. The molecule has 0 saturated heterocycles. The molecule has 0 aliphatic heterocycles. The molecule has 0 aromatic heterocycles. The molecule has 108 valence electrons. The third kappa shape index (κ3) is 2.69. The average Bonchev–Trinajstić information content (AvgIpc) is 2.42. The minimum absolute atomic E-state index is 0.0393. The topological polar surface area (TPSA) is 83.6 Å².